The molecule has 0 spiro atoms. The van der Waals surface area contributed by atoms with Gasteiger partial charge < -0.3 is 35.4 Å². The number of carbonyl (C=O) groups excluding carboxylic acids is 1. The minimum absolute atomic E-state index is 0.335. The van der Waals surface area contributed by atoms with Gasteiger partial charge in [0.15, 0.2) is 0 Å². The molecule has 6 N–H and O–H groups in total. The second-order valence-electron chi connectivity index (χ2n) is 8.53. The Morgan fingerprint density at radius 1 is 1.33 bits per heavy atom. The first kappa shape index (κ1) is 29.2. The van der Waals surface area contributed by atoms with Gasteiger partial charge in [-0.3, -0.25) is 13.7 Å². The fourth-order valence-corrected chi connectivity index (χ4v) is 5.90. The summed E-state index contributed by atoms with van der Waals surface area (Å²) in [6.07, 6.45) is -0.858. The van der Waals surface area contributed by atoms with Gasteiger partial charge in [0, 0.05) is 0 Å². The monoisotopic (exact) mass is 536 g/mol. The summed E-state index contributed by atoms with van der Waals surface area (Å²) in [6, 6.07) is -1.40. The maximum absolute atomic E-state index is 13.0. The molecule has 2 fully saturated rings. The predicted octanol–water partition coefficient (Wildman–Crippen LogP) is 0.894. The SMILES string of the molecule is CS[C@H]1O[C@H]([C@H](NC(=O)[C@@H]2CC[C@H](CCCF)CCN2)[C@H](C)Cl)[C@H](O)[C@H](O)[C@H]1OP(=O)(O)O. The van der Waals surface area contributed by atoms with E-state index in [0.717, 1.165) is 31.0 Å². The van der Waals surface area contributed by atoms with Crippen molar-refractivity contribution in [2.45, 2.75) is 86.3 Å². The Bertz CT molecular complexity index is 676. The smallest absolute Gasteiger partial charge is 0.388 e. The lowest BCUT2D eigenvalue weighted by Gasteiger charge is -2.45. The number of aliphatic hydroxyl groups is 2. The van der Waals surface area contributed by atoms with Gasteiger partial charge in [-0.2, -0.15) is 0 Å². The van der Waals surface area contributed by atoms with Gasteiger partial charge in [-0.25, -0.2) is 4.57 Å². The van der Waals surface area contributed by atoms with Crippen LogP contribution < -0.4 is 10.6 Å². The summed E-state index contributed by atoms with van der Waals surface area (Å²) in [5.41, 5.74) is -1.02. The van der Waals surface area contributed by atoms with Crippen LogP contribution in [0, 0.1) is 5.92 Å². The van der Waals surface area contributed by atoms with Crippen molar-refractivity contribution in [3.63, 3.8) is 0 Å². The van der Waals surface area contributed by atoms with Gasteiger partial charge in [0.1, 0.15) is 29.9 Å². The first-order chi connectivity index (χ1) is 15.5. The minimum Gasteiger partial charge on any atom is -0.388 e. The fraction of sp³-hybridized carbons (Fsp3) is 0.947. The number of alkyl halides is 2. The number of halogens is 2. The zero-order valence-electron chi connectivity index (χ0n) is 18.7. The zero-order chi connectivity index (χ0) is 24.8. The van der Waals surface area contributed by atoms with E-state index >= 15 is 0 Å². The Labute approximate surface area is 202 Å². The van der Waals surface area contributed by atoms with Crippen LogP contribution in [0.15, 0.2) is 0 Å². The Morgan fingerprint density at radius 3 is 2.61 bits per heavy atom. The number of phosphoric ester groups is 1. The molecule has 194 valence electrons. The molecule has 0 bridgehead atoms. The highest BCUT2D eigenvalue weighted by molar-refractivity contribution is 7.99. The molecule has 2 aliphatic rings. The highest BCUT2D eigenvalue weighted by Gasteiger charge is 2.51. The van der Waals surface area contributed by atoms with Gasteiger partial charge in [0.25, 0.3) is 0 Å². The summed E-state index contributed by atoms with van der Waals surface area (Å²) < 4.78 is 34.2. The van der Waals surface area contributed by atoms with Gasteiger partial charge in [-0.15, -0.1) is 23.4 Å². The lowest BCUT2D eigenvalue weighted by atomic mass is 9.92. The van der Waals surface area contributed by atoms with Crippen molar-refractivity contribution in [3.05, 3.63) is 0 Å². The van der Waals surface area contributed by atoms with Crippen LogP contribution in [0.25, 0.3) is 0 Å². The van der Waals surface area contributed by atoms with E-state index < -0.39 is 55.1 Å². The van der Waals surface area contributed by atoms with Crippen LogP contribution in [-0.4, -0.2) is 92.7 Å². The van der Waals surface area contributed by atoms with E-state index in [1.54, 1.807) is 13.2 Å². The van der Waals surface area contributed by atoms with Crippen molar-refractivity contribution in [1.82, 2.24) is 10.6 Å². The Hall–Kier alpha value is -0.0100. The number of thioether (sulfide) groups is 1. The van der Waals surface area contributed by atoms with Gasteiger partial charge in [-0.05, 0) is 57.7 Å². The summed E-state index contributed by atoms with van der Waals surface area (Å²) in [5.74, 6) is 0.0129. The van der Waals surface area contributed by atoms with Crippen LogP contribution in [0.1, 0.15) is 39.0 Å². The highest BCUT2D eigenvalue weighted by Crippen LogP contribution is 2.43. The van der Waals surface area contributed by atoms with Crippen LogP contribution >= 0.6 is 31.2 Å². The van der Waals surface area contributed by atoms with E-state index in [9.17, 15) is 24.0 Å². The molecule has 0 radical (unpaired) electrons. The van der Waals surface area contributed by atoms with Crippen molar-refractivity contribution in [3.8, 4) is 0 Å². The molecule has 0 aromatic rings. The molecule has 2 aliphatic heterocycles. The van der Waals surface area contributed by atoms with Crippen molar-refractivity contribution in [1.29, 1.82) is 0 Å². The molecule has 9 atom stereocenters. The summed E-state index contributed by atoms with van der Waals surface area (Å²) in [7, 11) is -4.96. The zero-order valence-corrected chi connectivity index (χ0v) is 21.1. The molecule has 10 nitrogen and oxygen atoms in total. The fourth-order valence-electron chi connectivity index (χ4n) is 4.33. The maximum atomic E-state index is 13.0. The van der Waals surface area contributed by atoms with Gasteiger partial charge in [-0.1, -0.05) is 0 Å². The van der Waals surface area contributed by atoms with E-state index in [4.69, 9.17) is 26.1 Å². The molecule has 1 amide bonds. The van der Waals surface area contributed by atoms with Crippen LogP contribution in [0.3, 0.4) is 0 Å². The summed E-state index contributed by atoms with van der Waals surface area (Å²) in [4.78, 5) is 31.3. The summed E-state index contributed by atoms with van der Waals surface area (Å²) in [5, 5.41) is 26.5. The van der Waals surface area contributed by atoms with E-state index in [0.29, 0.717) is 25.3 Å². The number of rotatable bonds is 10. The number of aliphatic hydroxyl groups excluding tert-OH is 2. The summed E-state index contributed by atoms with van der Waals surface area (Å²) >= 11 is 7.35. The topological polar surface area (TPSA) is 158 Å². The molecule has 2 rings (SSSR count). The minimum atomic E-state index is -4.96. The van der Waals surface area contributed by atoms with Gasteiger partial charge >= 0.3 is 7.82 Å². The second-order valence-corrected chi connectivity index (χ2v) is 11.3. The molecule has 33 heavy (non-hydrogen) atoms. The number of amides is 1. The Kier molecular flexibility index (Phi) is 11.8. The van der Waals surface area contributed by atoms with Gasteiger partial charge in [0.2, 0.25) is 5.91 Å². The van der Waals surface area contributed by atoms with Crippen molar-refractivity contribution in [2.75, 3.05) is 19.5 Å². The van der Waals surface area contributed by atoms with Crippen molar-refractivity contribution < 1.29 is 43.0 Å². The molecule has 2 heterocycles. The Morgan fingerprint density at radius 2 is 2.03 bits per heavy atom. The predicted molar refractivity (Wildman–Crippen MR) is 123 cm³/mol. The summed E-state index contributed by atoms with van der Waals surface area (Å²) in [6.45, 7) is 1.87. The van der Waals surface area contributed by atoms with Crippen LogP contribution in [0.5, 0.6) is 0 Å². The molecular formula is C19H35ClFN2O8PS. The quantitative estimate of drug-likeness (QED) is 0.175. The molecule has 0 unspecified atom stereocenters. The standard InChI is InChI=1S/C19H35ClFN2O8PS/c1-10(20)13(23-18(26)12-6-5-11(4-3-8-21)7-9-22-12)16-14(24)15(25)17(19(30-16)33-2)31-32(27,28)29/h10-17,19,22,24-25H,3-9H2,1-2H3,(H,23,26)(H2,27,28,29)/t10-,11-,12-,13+,14+,15-,16+,17+,19+/m0/s1. The molecule has 2 saturated heterocycles. The second kappa shape index (κ2) is 13.3. The molecule has 0 aliphatic carbocycles. The van der Waals surface area contributed by atoms with Gasteiger partial charge in [0.05, 0.1) is 24.1 Å². The Balaban J connectivity index is 2.08. The first-order valence-corrected chi connectivity index (χ1v) is 14.3. The molecule has 14 heteroatoms. The normalized spacial score (nSPS) is 35.5. The molecular weight excluding hydrogens is 502 g/mol. The van der Waals surface area contributed by atoms with Crippen molar-refractivity contribution in [2.24, 2.45) is 5.92 Å². The number of hydrogen-bond donors (Lipinski definition) is 6. The number of phosphoric acid groups is 1. The van der Waals surface area contributed by atoms with E-state index in [1.807, 2.05) is 0 Å². The maximum Gasteiger partial charge on any atom is 0.470 e. The average molecular weight is 537 g/mol. The number of nitrogens with one attached hydrogen (secondary N) is 2. The largest absolute Gasteiger partial charge is 0.470 e. The number of ether oxygens (including phenoxy) is 1. The van der Waals surface area contributed by atoms with Crippen LogP contribution in [0.2, 0.25) is 0 Å². The third-order valence-corrected chi connectivity index (χ3v) is 7.73. The van der Waals surface area contributed by atoms with E-state index in [-0.39, 0.29) is 12.6 Å². The number of hydrogen-bond acceptors (Lipinski definition) is 8. The molecule has 0 aromatic carbocycles. The molecule has 0 aromatic heterocycles. The third-order valence-electron chi connectivity index (χ3n) is 6.10. The number of carbonyl (C=O) groups is 1. The first-order valence-electron chi connectivity index (χ1n) is 11.0. The lowest BCUT2D eigenvalue weighted by Crippen LogP contribution is -2.65. The average Bonchev–Trinajstić information content (AvgIpc) is 2.99. The lowest BCUT2D eigenvalue weighted by molar-refractivity contribution is -0.201. The van der Waals surface area contributed by atoms with E-state index in [1.165, 1.54) is 0 Å². The third kappa shape index (κ3) is 8.56. The van der Waals surface area contributed by atoms with Crippen molar-refractivity contribution >= 4 is 37.1 Å². The van der Waals surface area contributed by atoms with Crippen LogP contribution in [-0.2, 0) is 18.6 Å². The van der Waals surface area contributed by atoms with E-state index in [2.05, 4.69) is 15.2 Å². The molecule has 0 saturated carbocycles. The van der Waals surface area contributed by atoms with Crippen LogP contribution in [0.4, 0.5) is 4.39 Å². The highest BCUT2D eigenvalue weighted by atomic mass is 35.5.